The molecule has 0 aromatic heterocycles. The van der Waals surface area contributed by atoms with Crippen LogP contribution in [0.2, 0.25) is 0 Å². The van der Waals surface area contributed by atoms with Gasteiger partial charge in [0, 0.05) is 17.8 Å². The van der Waals surface area contributed by atoms with Gasteiger partial charge in [0.15, 0.2) is 0 Å². The Labute approximate surface area is 143 Å². The van der Waals surface area contributed by atoms with Crippen molar-refractivity contribution in [1.82, 2.24) is 10.2 Å². The number of thioether (sulfide) groups is 1. The Bertz CT molecular complexity index is 501. The maximum atomic E-state index is 12.7. The molecule has 2 N–H and O–H groups in total. The first-order valence-corrected chi connectivity index (χ1v) is 9.51. The van der Waals surface area contributed by atoms with Crippen LogP contribution in [0.5, 0.6) is 0 Å². The maximum Gasteiger partial charge on any atom is 0.318 e. The van der Waals surface area contributed by atoms with E-state index in [4.69, 9.17) is 0 Å². The van der Waals surface area contributed by atoms with Gasteiger partial charge in [-0.3, -0.25) is 0 Å². The van der Waals surface area contributed by atoms with Crippen molar-refractivity contribution >= 4 is 17.8 Å². The number of carbonyl (C=O) groups excluding carboxylic acids is 1. The van der Waals surface area contributed by atoms with Gasteiger partial charge in [-0.15, -0.1) is 0 Å². The lowest BCUT2D eigenvalue weighted by molar-refractivity contribution is 0.0442. The molecule has 0 radical (unpaired) electrons. The van der Waals surface area contributed by atoms with E-state index in [0.29, 0.717) is 18.3 Å². The van der Waals surface area contributed by atoms with Gasteiger partial charge in [-0.1, -0.05) is 30.3 Å². The molecule has 2 atom stereocenters. The van der Waals surface area contributed by atoms with E-state index < -0.39 is 5.60 Å². The number of hydrogen-bond acceptors (Lipinski definition) is 3. The van der Waals surface area contributed by atoms with Crippen molar-refractivity contribution in [1.29, 1.82) is 0 Å². The molecule has 1 aromatic rings. The number of hydrogen-bond donors (Lipinski definition) is 2. The van der Waals surface area contributed by atoms with Crippen LogP contribution in [0.1, 0.15) is 38.7 Å². The lowest BCUT2D eigenvalue weighted by atomic mass is 10.1. The molecular weight excluding hydrogens is 308 g/mol. The molecule has 1 saturated carbocycles. The van der Waals surface area contributed by atoms with Gasteiger partial charge in [0.2, 0.25) is 0 Å². The summed E-state index contributed by atoms with van der Waals surface area (Å²) < 4.78 is 0. The summed E-state index contributed by atoms with van der Waals surface area (Å²) in [6, 6.07) is 10.1. The fourth-order valence-electron chi connectivity index (χ4n) is 3.02. The zero-order chi connectivity index (χ0) is 16.9. The minimum Gasteiger partial charge on any atom is -0.389 e. The van der Waals surface area contributed by atoms with Gasteiger partial charge in [0.05, 0.1) is 12.1 Å². The molecule has 1 fully saturated rings. The van der Waals surface area contributed by atoms with Crippen LogP contribution in [0, 0.1) is 0 Å². The summed E-state index contributed by atoms with van der Waals surface area (Å²) in [7, 11) is 0. The number of rotatable bonds is 6. The second-order valence-corrected chi connectivity index (χ2v) is 8.11. The van der Waals surface area contributed by atoms with E-state index in [0.717, 1.165) is 24.8 Å². The maximum absolute atomic E-state index is 12.7. The molecule has 128 valence electrons. The van der Waals surface area contributed by atoms with Crippen LogP contribution in [0.4, 0.5) is 4.79 Å². The lowest BCUT2D eigenvalue weighted by Gasteiger charge is -2.30. The molecule has 2 amide bonds. The number of nitrogens with one attached hydrogen (secondary N) is 1. The van der Waals surface area contributed by atoms with Gasteiger partial charge < -0.3 is 15.3 Å². The summed E-state index contributed by atoms with van der Waals surface area (Å²) in [4.78, 5) is 14.4. The first kappa shape index (κ1) is 18.1. The van der Waals surface area contributed by atoms with Crippen LogP contribution >= 0.6 is 11.8 Å². The standard InChI is InChI=1S/C18H28N2O2S/c1-18(2,22)13-20(12-14-7-5-4-6-8-14)17(21)19-15-9-10-16(11-15)23-3/h4-8,15-16,22H,9-13H2,1-3H3,(H,19,21)/t15-,16-/m1/s1. The third-order valence-electron chi connectivity index (χ3n) is 4.13. The quantitative estimate of drug-likeness (QED) is 0.838. The summed E-state index contributed by atoms with van der Waals surface area (Å²) in [6.45, 7) is 4.29. The molecule has 4 nitrogen and oxygen atoms in total. The highest BCUT2D eigenvalue weighted by atomic mass is 32.2. The Morgan fingerprint density at radius 1 is 1.35 bits per heavy atom. The molecule has 1 aliphatic carbocycles. The average Bonchev–Trinajstić information content (AvgIpc) is 2.94. The van der Waals surface area contributed by atoms with Crippen LogP contribution in [-0.4, -0.2) is 45.7 Å². The summed E-state index contributed by atoms with van der Waals surface area (Å²) in [5.74, 6) is 0. The average molecular weight is 337 g/mol. The monoisotopic (exact) mass is 336 g/mol. The molecule has 0 heterocycles. The van der Waals surface area contributed by atoms with Crippen LogP contribution in [0.15, 0.2) is 30.3 Å². The van der Waals surface area contributed by atoms with Crippen LogP contribution in [0.3, 0.4) is 0 Å². The molecular formula is C18H28N2O2S. The Morgan fingerprint density at radius 3 is 2.61 bits per heavy atom. The normalized spacial score (nSPS) is 21.2. The zero-order valence-electron chi connectivity index (χ0n) is 14.3. The summed E-state index contributed by atoms with van der Waals surface area (Å²) in [5.41, 5.74) is 0.157. The molecule has 1 aromatic carbocycles. The lowest BCUT2D eigenvalue weighted by Crippen LogP contribution is -2.48. The number of benzene rings is 1. The predicted molar refractivity (Wildman–Crippen MR) is 96.6 cm³/mol. The van der Waals surface area contributed by atoms with Gasteiger partial charge in [-0.05, 0) is 44.9 Å². The van der Waals surface area contributed by atoms with E-state index in [-0.39, 0.29) is 12.1 Å². The Kier molecular flexibility index (Phi) is 6.36. The zero-order valence-corrected chi connectivity index (χ0v) is 15.1. The summed E-state index contributed by atoms with van der Waals surface area (Å²) in [6.07, 6.45) is 5.37. The van der Waals surface area contributed by atoms with Crippen molar-refractivity contribution < 1.29 is 9.90 Å². The molecule has 2 rings (SSSR count). The smallest absolute Gasteiger partial charge is 0.318 e. The van der Waals surface area contributed by atoms with E-state index in [2.05, 4.69) is 11.6 Å². The van der Waals surface area contributed by atoms with Crippen molar-refractivity contribution in [3.8, 4) is 0 Å². The van der Waals surface area contributed by atoms with Crippen molar-refractivity contribution in [2.45, 2.75) is 56.5 Å². The Morgan fingerprint density at radius 2 is 2.04 bits per heavy atom. The summed E-state index contributed by atoms with van der Waals surface area (Å²) >= 11 is 1.88. The van der Waals surface area contributed by atoms with Gasteiger partial charge in [0.25, 0.3) is 0 Å². The molecule has 23 heavy (non-hydrogen) atoms. The first-order chi connectivity index (χ1) is 10.9. The SMILES string of the molecule is CS[C@@H]1CC[C@@H](NC(=O)N(Cc2ccccc2)CC(C)(C)O)C1. The van der Waals surface area contributed by atoms with E-state index >= 15 is 0 Å². The predicted octanol–water partition coefficient (Wildman–Crippen LogP) is 3.25. The van der Waals surface area contributed by atoms with E-state index in [1.165, 1.54) is 0 Å². The number of carbonyl (C=O) groups is 1. The molecule has 0 unspecified atom stereocenters. The molecule has 5 heteroatoms. The topological polar surface area (TPSA) is 52.6 Å². The first-order valence-electron chi connectivity index (χ1n) is 8.22. The molecule has 0 bridgehead atoms. The highest BCUT2D eigenvalue weighted by Crippen LogP contribution is 2.28. The van der Waals surface area contributed by atoms with Crippen molar-refractivity contribution in [3.05, 3.63) is 35.9 Å². The van der Waals surface area contributed by atoms with Crippen molar-refractivity contribution in [3.63, 3.8) is 0 Å². The van der Waals surface area contributed by atoms with Crippen molar-refractivity contribution in [2.24, 2.45) is 0 Å². The highest BCUT2D eigenvalue weighted by Gasteiger charge is 2.28. The van der Waals surface area contributed by atoms with Crippen LogP contribution in [-0.2, 0) is 6.54 Å². The Hall–Kier alpha value is -1.20. The summed E-state index contributed by atoms with van der Waals surface area (Å²) in [5, 5.41) is 13.9. The minimum absolute atomic E-state index is 0.0808. The fourth-order valence-corrected chi connectivity index (χ4v) is 3.82. The highest BCUT2D eigenvalue weighted by molar-refractivity contribution is 7.99. The van der Waals surface area contributed by atoms with Gasteiger partial charge in [-0.2, -0.15) is 11.8 Å². The molecule has 0 saturated heterocycles. The van der Waals surface area contributed by atoms with Gasteiger partial charge >= 0.3 is 6.03 Å². The minimum atomic E-state index is -0.913. The Balaban J connectivity index is 1.99. The molecule has 0 spiro atoms. The number of amides is 2. The van der Waals surface area contributed by atoms with Gasteiger partial charge in [0.1, 0.15) is 0 Å². The third kappa shape index (κ3) is 6.07. The van der Waals surface area contributed by atoms with Crippen molar-refractivity contribution in [2.75, 3.05) is 12.8 Å². The second-order valence-electron chi connectivity index (χ2n) is 6.97. The van der Waals surface area contributed by atoms with Crippen LogP contribution < -0.4 is 5.32 Å². The largest absolute Gasteiger partial charge is 0.389 e. The second kappa shape index (κ2) is 8.06. The number of nitrogens with zero attached hydrogens (tertiary/aromatic N) is 1. The van der Waals surface area contributed by atoms with E-state index in [1.54, 1.807) is 18.7 Å². The fraction of sp³-hybridized carbons (Fsp3) is 0.611. The third-order valence-corrected chi connectivity index (χ3v) is 5.22. The van der Waals surface area contributed by atoms with E-state index in [1.807, 2.05) is 42.1 Å². The number of urea groups is 1. The van der Waals surface area contributed by atoms with E-state index in [9.17, 15) is 9.90 Å². The van der Waals surface area contributed by atoms with Crippen LogP contribution in [0.25, 0.3) is 0 Å². The van der Waals surface area contributed by atoms with Gasteiger partial charge in [-0.25, -0.2) is 4.79 Å². The number of aliphatic hydroxyl groups is 1. The molecule has 1 aliphatic rings. The molecule has 0 aliphatic heterocycles.